The number of rotatable bonds is 11. The maximum atomic E-state index is 11.9. The third-order valence-electron chi connectivity index (χ3n) is 3.02. The van der Waals surface area contributed by atoms with E-state index in [0.717, 1.165) is 0 Å². The Bertz CT molecular complexity index is 446. The second-order valence-corrected chi connectivity index (χ2v) is 6.01. The summed E-state index contributed by atoms with van der Waals surface area (Å²) in [6, 6.07) is -2.93. The van der Waals surface area contributed by atoms with Crippen LogP contribution >= 0.6 is 11.8 Å². The number of nitrogens with two attached hydrogens (primary N) is 2. The van der Waals surface area contributed by atoms with Crippen molar-refractivity contribution in [2.45, 2.75) is 44.3 Å². The summed E-state index contributed by atoms with van der Waals surface area (Å²) in [5, 5.41) is 13.7. The lowest BCUT2D eigenvalue weighted by Gasteiger charge is -2.20. The molecule has 0 saturated carbocycles. The van der Waals surface area contributed by atoms with Gasteiger partial charge in [0.05, 0.1) is 6.04 Å². The molecule has 23 heavy (non-hydrogen) atoms. The van der Waals surface area contributed by atoms with Gasteiger partial charge in [0.2, 0.25) is 17.7 Å². The Hall–Kier alpha value is -1.81. The molecule has 0 aliphatic carbocycles. The molecule has 0 heterocycles. The smallest absolute Gasteiger partial charge is 0.326 e. The average Bonchev–Trinajstić information content (AvgIpc) is 2.47. The Kier molecular flexibility index (Phi) is 9.99. The molecule has 3 unspecified atom stereocenters. The SMILES string of the molecule is CSCCC(N)C(=O)NC(C)C(=O)NC(CCC(N)=O)C(=O)O. The molecule has 3 amide bonds. The molecule has 10 heteroatoms. The molecule has 0 aliphatic rings. The molecule has 3 atom stereocenters. The van der Waals surface area contributed by atoms with Gasteiger partial charge in [0.25, 0.3) is 0 Å². The molecular weight excluding hydrogens is 324 g/mol. The summed E-state index contributed by atoms with van der Waals surface area (Å²) < 4.78 is 0. The summed E-state index contributed by atoms with van der Waals surface area (Å²) in [6.07, 6.45) is 2.07. The van der Waals surface area contributed by atoms with Crippen LogP contribution in [-0.2, 0) is 19.2 Å². The zero-order valence-corrected chi connectivity index (χ0v) is 14.0. The van der Waals surface area contributed by atoms with Crippen LogP contribution < -0.4 is 22.1 Å². The van der Waals surface area contributed by atoms with Gasteiger partial charge < -0.3 is 27.2 Å². The minimum Gasteiger partial charge on any atom is -0.480 e. The van der Waals surface area contributed by atoms with Gasteiger partial charge in [0.1, 0.15) is 12.1 Å². The first-order chi connectivity index (χ1) is 10.7. The highest BCUT2D eigenvalue weighted by Gasteiger charge is 2.25. The van der Waals surface area contributed by atoms with Gasteiger partial charge in [0.15, 0.2) is 0 Å². The largest absolute Gasteiger partial charge is 0.480 e. The summed E-state index contributed by atoms with van der Waals surface area (Å²) in [7, 11) is 0. The van der Waals surface area contributed by atoms with Crippen molar-refractivity contribution in [2.75, 3.05) is 12.0 Å². The van der Waals surface area contributed by atoms with E-state index >= 15 is 0 Å². The molecule has 9 nitrogen and oxygen atoms in total. The lowest BCUT2D eigenvalue weighted by atomic mass is 10.1. The van der Waals surface area contributed by atoms with Crippen molar-refractivity contribution in [3.8, 4) is 0 Å². The van der Waals surface area contributed by atoms with E-state index < -0.39 is 41.8 Å². The number of carboxylic acids is 1. The number of hydrogen-bond donors (Lipinski definition) is 5. The Morgan fingerprint density at radius 2 is 1.74 bits per heavy atom. The van der Waals surface area contributed by atoms with Gasteiger partial charge in [-0.05, 0) is 31.8 Å². The summed E-state index contributed by atoms with van der Waals surface area (Å²) in [5.41, 5.74) is 10.6. The quantitative estimate of drug-likeness (QED) is 0.300. The predicted octanol–water partition coefficient (Wildman–Crippen LogP) is -1.59. The van der Waals surface area contributed by atoms with Crippen molar-refractivity contribution in [1.29, 1.82) is 0 Å². The van der Waals surface area contributed by atoms with Crippen molar-refractivity contribution in [3.63, 3.8) is 0 Å². The number of thioether (sulfide) groups is 1. The summed E-state index contributed by atoms with van der Waals surface area (Å²) >= 11 is 1.55. The molecule has 0 aromatic carbocycles. The van der Waals surface area contributed by atoms with Gasteiger partial charge in [-0.15, -0.1) is 0 Å². The monoisotopic (exact) mass is 348 g/mol. The Morgan fingerprint density at radius 1 is 1.13 bits per heavy atom. The van der Waals surface area contributed by atoms with Crippen LogP contribution in [0.4, 0.5) is 0 Å². The highest BCUT2D eigenvalue weighted by molar-refractivity contribution is 7.98. The molecule has 0 radical (unpaired) electrons. The number of carboxylic acid groups (broad SMARTS) is 1. The van der Waals surface area contributed by atoms with Gasteiger partial charge in [-0.3, -0.25) is 14.4 Å². The van der Waals surface area contributed by atoms with Crippen molar-refractivity contribution in [3.05, 3.63) is 0 Å². The molecule has 0 aromatic rings. The number of hydrogen-bond acceptors (Lipinski definition) is 6. The molecule has 0 aliphatic heterocycles. The predicted molar refractivity (Wildman–Crippen MR) is 86.6 cm³/mol. The third kappa shape index (κ3) is 9.04. The zero-order chi connectivity index (χ0) is 18.0. The number of nitrogens with one attached hydrogen (secondary N) is 2. The number of primary amides is 1. The molecular formula is C13H24N4O5S. The fraction of sp³-hybridized carbons (Fsp3) is 0.692. The molecule has 0 fully saturated rings. The minimum atomic E-state index is -1.28. The van der Waals surface area contributed by atoms with Crippen LogP contribution in [-0.4, -0.2) is 58.9 Å². The van der Waals surface area contributed by atoms with E-state index in [0.29, 0.717) is 12.2 Å². The van der Waals surface area contributed by atoms with E-state index in [1.807, 2.05) is 6.26 Å². The Morgan fingerprint density at radius 3 is 2.22 bits per heavy atom. The normalized spacial score (nSPS) is 14.4. The average molecular weight is 348 g/mol. The fourth-order valence-corrected chi connectivity index (χ4v) is 2.09. The topological polar surface area (TPSA) is 165 Å². The van der Waals surface area contributed by atoms with E-state index in [1.165, 1.54) is 6.92 Å². The van der Waals surface area contributed by atoms with E-state index in [9.17, 15) is 19.2 Å². The number of amides is 3. The van der Waals surface area contributed by atoms with E-state index in [2.05, 4.69) is 10.6 Å². The van der Waals surface area contributed by atoms with Gasteiger partial charge in [-0.2, -0.15) is 11.8 Å². The number of aliphatic carboxylic acids is 1. The molecule has 0 spiro atoms. The third-order valence-corrected chi connectivity index (χ3v) is 3.66. The number of carbonyl (C=O) groups is 4. The summed E-state index contributed by atoms with van der Waals surface area (Å²) in [4.78, 5) is 45.5. The lowest BCUT2D eigenvalue weighted by Crippen LogP contribution is -2.53. The first-order valence-corrected chi connectivity index (χ1v) is 8.44. The highest BCUT2D eigenvalue weighted by atomic mass is 32.2. The summed E-state index contributed by atoms with van der Waals surface area (Å²) in [5.74, 6) is -2.39. The molecule has 0 rings (SSSR count). The van der Waals surface area contributed by atoms with Gasteiger partial charge in [-0.1, -0.05) is 0 Å². The number of carbonyl (C=O) groups excluding carboxylic acids is 3. The second-order valence-electron chi connectivity index (χ2n) is 5.02. The maximum Gasteiger partial charge on any atom is 0.326 e. The summed E-state index contributed by atoms with van der Waals surface area (Å²) in [6.45, 7) is 1.42. The Labute approximate surface area is 138 Å². The van der Waals surface area contributed by atoms with Gasteiger partial charge >= 0.3 is 5.97 Å². The van der Waals surface area contributed by atoms with Crippen LogP contribution in [0.1, 0.15) is 26.2 Å². The Balaban J connectivity index is 4.48. The van der Waals surface area contributed by atoms with E-state index in [-0.39, 0.29) is 12.8 Å². The maximum absolute atomic E-state index is 11.9. The second kappa shape index (κ2) is 10.8. The van der Waals surface area contributed by atoms with Crippen molar-refractivity contribution in [1.82, 2.24) is 10.6 Å². The van der Waals surface area contributed by atoms with Crippen LogP contribution in [0, 0.1) is 0 Å². The first-order valence-electron chi connectivity index (χ1n) is 7.05. The molecule has 7 N–H and O–H groups in total. The lowest BCUT2D eigenvalue weighted by molar-refractivity contribution is -0.142. The van der Waals surface area contributed by atoms with Crippen molar-refractivity contribution in [2.24, 2.45) is 11.5 Å². The van der Waals surface area contributed by atoms with Crippen LogP contribution in [0.3, 0.4) is 0 Å². The van der Waals surface area contributed by atoms with Crippen LogP contribution in [0.5, 0.6) is 0 Å². The van der Waals surface area contributed by atoms with Crippen LogP contribution in [0.2, 0.25) is 0 Å². The molecule has 0 saturated heterocycles. The molecule has 0 bridgehead atoms. The van der Waals surface area contributed by atoms with E-state index in [1.54, 1.807) is 11.8 Å². The van der Waals surface area contributed by atoms with Gasteiger partial charge in [0, 0.05) is 6.42 Å². The van der Waals surface area contributed by atoms with Crippen molar-refractivity contribution >= 4 is 35.5 Å². The minimum absolute atomic E-state index is 0.121. The molecule has 132 valence electrons. The van der Waals surface area contributed by atoms with Gasteiger partial charge in [-0.25, -0.2) is 4.79 Å². The molecule has 0 aromatic heterocycles. The van der Waals surface area contributed by atoms with Crippen LogP contribution in [0.25, 0.3) is 0 Å². The highest BCUT2D eigenvalue weighted by Crippen LogP contribution is 2.01. The van der Waals surface area contributed by atoms with Crippen LogP contribution in [0.15, 0.2) is 0 Å². The standard InChI is InChI=1S/C13H24N4O5S/c1-7(16-12(20)8(14)5-6-23-2)11(19)17-9(13(21)22)3-4-10(15)18/h7-9H,3-6,14H2,1-2H3,(H2,15,18)(H,16,20)(H,17,19)(H,21,22). The zero-order valence-electron chi connectivity index (χ0n) is 13.2. The fourth-order valence-electron chi connectivity index (χ4n) is 1.60. The first kappa shape index (κ1) is 21.2. The van der Waals surface area contributed by atoms with E-state index in [4.69, 9.17) is 16.6 Å². The van der Waals surface area contributed by atoms with Crippen molar-refractivity contribution < 1.29 is 24.3 Å².